The predicted molar refractivity (Wildman–Crippen MR) is 123 cm³/mol. The second-order valence-corrected chi connectivity index (χ2v) is 8.83. The summed E-state index contributed by atoms with van der Waals surface area (Å²) in [6.07, 6.45) is 20.0. The summed E-state index contributed by atoms with van der Waals surface area (Å²) in [5.41, 5.74) is 0. The first kappa shape index (κ1) is 27.6. The van der Waals surface area contributed by atoms with Gasteiger partial charge in [-0.3, -0.25) is 0 Å². The van der Waals surface area contributed by atoms with E-state index < -0.39 is 24.4 Å². The second kappa shape index (κ2) is 19.2. The maximum atomic E-state index is 9.90. The number of unbranched alkanes of at least 4 members (excludes halogenated alkanes) is 15. The van der Waals surface area contributed by atoms with Crippen LogP contribution in [0.25, 0.3) is 0 Å². The first-order chi connectivity index (χ1) is 14.7. The molecule has 1 fully saturated rings. The fraction of sp³-hybridized carbons (Fsp3) is 0.920. The smallest absolute Gasteiger partial charge is 0.114 e. The van der Waals surface area contributed by atoms with Gasteiger partial charge in [0.25, 0.3) is 0 Å². The topological polar surface area (TPSA) is 79.2 Å². The molecule has 0 bridgehead atoms. The van der Waals surface area contributed by atoms with Crippen molar-refractivity contribution >= 4 is 0 Å². The second-order valence-electron chi connectivity index (χ2n) is 8.83. The molecule has 0 aliphatic carbocycles. The van der Waals surface area contributed by atoms with E-state index in [1.54, 1.807) is 0 Å². The number of hydrogen-bond donors (Lipinski definition) is 3. The number of rotatable bonds is 21. The first-order valence-corrected chi connectivity index (χ1v) is 12.5. The van der Waals surface area contributed by atoms with Crippen LogP contribution >= 0.6 is 0 Å². The Morgan fingerprint density at radius 3 is 1.77 bits per heavy atom. The molecule has 1 aliphatic heterocycles. The third kappa shape index (κ3) is 13.1. The zero-order valence-electron chi connectivity index (χ0n) is 19.2. The molecule has 0 aromatic rings. The lowest BCUT2D eigenvalue weighted by molar-refractivity contribution is -0.0938. The third-order valence-electron chi connectivity index (χ3n) is 6.09. The Morgan fingerprint density at radius 1 is 0.833 bits per heavy atom. The van der Waals surface area contributed by atoms with Crippen molar-refractivity contribution in [2.45, 2.75) is 127 Å². The molecule has 4 atom stereocenters. The average Bonchev–Trinajstić information content (AvgIpc) is 3.12. The molecule has 5 nitrogen and oxygen atoms in total. The fourth-order valence-electron chi connectivity index (χ4n) is 4.17. The van der Waals surface area contributed by atoms with E-state index in [9.17, 15) is 10.2 Å². The van der Waals surface area contributed by atoms with E-state index in [-0.39, 0.29) is 13.2 Å². The molecule has 30 heavy (non-hydrogen) atoms. The van der Waals surface area contributed by atoms with E-state index >= 15 is 0 Å². The molecule has 0 amide bonds. The van der Waals surface area contributed by atoms with Crippen LogP contribution < -0.4 is 0 Å². The lowest BCUT2D eigenvalue weighted by Gasteiger charge is -2.23. The Kier molecular flexibility index (Phi) is 17.7. The monoisotopic (exact) mass is 428 g/mol. The van der Waals surface area contributed by atoms with Crippen LogP contribution in [0.2, 0.25) is 0 Å². The van der Waals surface area contributed by atoms with Crippen LogP contribution in [0.15, 0.2) is 12.7 Å². The minimum Gasteiger partial charge on any atom is -0.394 e. The van der Waals surface area contributed by atoms with Crippen molar-refractivity contribution in [1.82, 2.24) is 0 Å². The summed E-state index contributed by atoms with van der Waals surface area (Å²) in [4.78, 5) is 0. The van der Waals surface area contributed by atoms with E-state index in [1.807, 2.05) is 6.08 Å². The number of hydrogen-bond acceptors (Lipinski definition) is 5. The van der Waals surface area contributed by atoms with Crippen molar-refractivity contribution in [3.63, 3.8) is 0 Å². The zero-order valence-corrected chi connectivity index (χ0v) is 19.2. The lowest BCUT2D eigenvalue weighted by atomic mass is 10.0. The van der Waals surface area contributed by atoms with Gasteiger partial charge in [-0.15, -0.1) is 6.58 Å². The summed E-state index contributed by atoms with van der Waals surface area (Å²) in [5.74, 6) is 0. The van der Waals surface area contributed by atoms with Gasteiger partial charge in [-0.2, -0.15) is 0 Å². The SMILES string of the molecule is C=CCCCCCCCCCCCCCCCCCO[C@@H]1[C@H]([C@H](O)CO)OC[C@@H]1O. The van der Waals surface area contributed by atoms with Gasteiger partial charge in [0, 0.05) is 6.61 Å². The number of aliphatic hydroxyl groups is 3. The van der Waals surface area contributed by atoms with Gasteiger partial charge in [0.1, 0.15) is 24.4 Å². The predicted octanol–water partition coefficient (Wildman–Crippen LogP) is 4.91. The number of ether oxygens (including phenoxy) is 2. The molecule has 1 saturated heterocycles. The molecule has 1 rings (SSSR count). The van der Waals surface area contributed by atoms with Crippen molar-refractivity contribution < 1.29 is 24.8 Å². The van der Waals surface area contributed by atoms with Gasteiger partial charge in [-0.1, -0.05) is 89.5 Å². The van der Waals surface area contributed by atoms with Crippen LogP contribution in [0, 0.1) is 0 Å². The highest BCUT2D eigenvalue weighted by molar-refractivity contribution is 4.89. The van der Waals surface area contributed by atoms with Crippen LogP contribution in [-0.4, -0.2) is 59.6 Å². The summed E-state index contributed by atoms with van der Waals surface area (Å²) >= 11 is 0. The molecule has 0 unspecified atom stereocenters. The van der Waals surface area contributed by atoms with E-state index in [0.717, 1.165) is 12.8 Å². The molecular weight excluding hydrogens is 380 g/mol. The number of allylic oxidation sites excluding steroid dienone is 1. The maximum Gasteiger partial charge on any atom is 0.114 e. The quantitative estimate of drug-likeness (QED) is 0.179. The van der Waals surface area contributed by atoms with E-state index in [1.165, 1.54) is 89.9 Å². The normalized spacial score (nSPS) is 22.4. The first-order valence-electron chi connectivity index (χ1n) is 12.5. The molecule has 3 N–H and O–H groups in total. The molecule has 0 saturated carbocycles. The molecule has 0 radical (unpaired) electrons. The minimum absolute atomic E-state index is 0.155. The van der Waals surface area contributed by atoms with Crippen molar-refractivity contribution in [3.8, 4) is 0 Å². The molecule has 0 aromatic carbocycles. The molecule has 0 spiro atoms. The van der Waals surface area contributed by atoms with E-state index in [0.29, 0.717) is 6.61 Å². The Bertz CT molecular complexity index is 390. The van der Waals surface area contributed by atoms with Gasteiger partial charge in [-0.25, -0.2) is 0 Å². The van der Waals surface area contributed by atoms with Crippen LogP contribution in [0.1, 0.15) is 103 Å². The molecule has 178 valence electrons. The number of aliphatic hydroxyl groups excluding tert-OH is 3. The Balaban J connectivity index is 1.81. The summed E-state index contributed by atoms with van der Waals surface area (Å²) in [6, 6.07) is 0. The maximum absolute atomic E-state index is 9.90. The lowest BCUT2D eigenvalue weighted by Crippen LogP contribution is -2.42. The molecule has 0 aromatic heterocycles. The highest BCUT2D eigenvalue weighted by Crippen LogP contribution is 2.21. The minimum atomic E-state index is -1.00. The summed E-state index contributed by atoms with van der Waals surface area (Å²) in [5, 5.41) is 28.7. The van der Waals surface area contributed by atoms with Crippen molar-refractivity contribution in [3.05, 3.63) is 12.7 Å². The van der Waals surface area contributed by atoms with E-state index in [4.69, 9.17) is 14.6 Å². The van der Waals surface area contributed by atoms with Gasteiger partial charge >= 0.3 is 0 Å². The van der Waals surface area contributed by atoms with Crippen LogP contribution in [0.3, 0.4) is 0 Å². The Hall–Kier alpha value is -0.460. The summed E-state index contributed by atoms with van der Waals surface area (Å²) in [7, 11) is 0. The third-order valence-corrected chi connectivity index (χ3v) is 6.09. The van der Waals surface area contributed by atoms with Crippen molar-refractivity contribution in [2.24, 2.45) is 0 Å². The van der Waals surface area contributed by atoms with Crippen LogP contribution in [-0.2, 0) is 9.47 Å². The molecular formula is C25H48O5. The van der Waals surface area contributed by atoms with Crippen LogP contribution in [0.4, 0.5) is 0 Å². The molecule has 1 aliphatic rings. The van der Waals surface area contributed by atoms with Crippen LogP contribution in [0.5, 0.6) is 0 Å². The van der Waals surface area contributed by atoms with Gasteiger partial charge in [0.05, 0.1) is 13.2 Å². The standard InChI is InChI=1S/C25H48O5/c1-2-3-4-5-6-7-8-9-10-11-12-13-14-15-16-17-18-19-29-25-23(28)21-30-24(25)22(27)20-26/h2,22-28H,1,3-21H2/t22-,23+,24+,25+/m1/s1. The van der Waals surface area contributed by atoms with Crippen molar-refractivity contribution in [1.29, 1.82) is 0 Å². The Morgan fingerprint density at radius 2 is 1.30 bits per heavy atom. The highest BCUT2D eigenvalue weighted by atomic mass is 16.6. The van der Waals surface area contributed by atoms with Crippen molar-refractivity contribution in [2.75, 3.05) is 19.8 Å². The average molecular weight is 429 g/mol. The molecule has 5 heteroatoms. The zero-order chi connectivity index (χ0) is 21.9. The molecule has 1 heterocycles. The summed E-state index contributed by atoms with van der Waals surface area (Å²) in [6.45, 7) is 4.10. The van der Waals surface area contributed by atoms with Gasteiger partial charge < -0.3 is 24.8 Å². The summed E-state index contributed by atoms with van der Waals surface area (Å²) < 4.78 is 11.1. The Labute approximate surface area is 184 Å². The fourth-order valence-corrected chi connectivity index (χ4v) is 4.17. The van der Waals surface area contributed by atoms with Gasteiger partial charge in [-0.05, 0) is 19.3 Å². The highest BCUT2D eigenvalue weighted by Gasteiger charge is 2.40. The van der Waals surface area contributed by atoms with Gasteiger partial charge in [0.15, 0.2) is 0 Å². The largest absolute Gasteiger partial charge is 0.394 e. The van der Waals surface area contributed by atoms with Gasteiger partial charge in [0.2, 0.25) is 0 Å². The van der Waals surface area contributed by atoms with E-state index in [2.05, 4.69) is 6.58 Å².